The third-order valence-electron chi connectivity index (χ3n) is 6.21. The largest absolute Gasteiger partial charge is 0.440 e. The highest BCUT2D eigenvalue weighted by Crippen LogP contribution is 2.40. The topological polar surface area (TPSA) is 38.1 Å². The van der Waals surface area contributed by atoms with E-state index in [1.807, 2.05) is 0 Å². The predicted molar refractivity (Wildman–Crippen MR) is 131 cm³/mol. The van der Waals surface area contributed by atoms with E-state index in [2.05, 4.69) is 122 Å². The normalized spacial score (nSPS) is 13.4. The molecule has 0 aliphatic carbocycles. The summed E-state index contributed by atoms with van der Waals surface area (Å²) in [4.78, 5) is 4.62. The summed E-state index contributed by atoms with van der Waals surface area (Å²) in [5.74, 6) is 1.66. The molecule has 4 aromatic rings. The quantitative estimate of drug-likeness (QED) is 0.296. The first-order valence-electron chi connectivity index (χ1n) is 11.2. The molecule has 3 nitrogen and oxygen atoms in total. The molecule has 4 rings (SSSR count). The number of nitrogens with zero attached hydrogens (tertiary/aromatic N) is 1. The Morgan fingerprint density at radius 2 is 1.34 bits per heavy atom. The van der Waals surface area contributed by atoms with Gasteiger partial charge in [0.15, 0.2) is 0 Å². The van der Waals surface area contributed by atoms with Crippen LogP contribution in [0.1, 0.15) is 54.7 Å². The molecule has 0 saturated heterocycles. The van der Waals surface area contributed by atoms with Crippen molar-refractivity contribution < 1.29 is 4.42 Å². The molecule has 0 unspecified atom stereocenters. The second-order valence-electron chi connectivity index (χ2n) is 8.16. The molecule has 162 valence electrons. The summed E-state index contributed by atoms with van der Waals surface area (Å²) < 4.78 is 6.08. The van der Waals surface area contributed by atoms with Crippen LogP contribution in [-0.2, 0) is 5.54 Å². The fourth-order valence-corrected chi connectivity index (χ4v) is 4.27. The van der Waals surface area contributed by atoms with Crippen molar-refractivity contribution in [1.82, 2.24) is 10.3 Å². The lowest BCUT2D eigenvalue weighted by Crippen LogP contribution is -2.48. The zero-order valence-corrected chi connectivity index (χ0v) is 18.7. The van der Waals surface area contributed by atoms with Crippen molar-refractivity contribution in [2.24, 2.45) is 5.92 Å². The first kappa shape index (κ1) is 21.8. The van der Waals surface area contributed by atoms with E-state index in [-0.39, 0.29) is 6.04 Å². The van der Waals surface area contributed by atoms with Crippen LogP contribution in [0.4, 0.5) is 0 Å². The summed E-state index contributed by atoms with van der Waals surface area (Å²) in [7, 11) is 0. The molecule has 3 aromatic carbocycles. The summed E-state index contributed by atoms with van der Waals surface area (Å²) in [6.45, 7) is 8.27. The number of aromatic nitrogens is 1. The number of hydrogen-bond acceptors (Lipinski definition) is 3. The van der Waals surface area contributed by atoms with E-state index in [1.54, 1.807) is 12.3 Å². The van der Waals surface area contributed by atoms with Crippen LogP contribution in [0.25, 0.3) is 6.08 Å². The van der Waals surface area contributed by atoms with Crippen LogP contribution in [0.3, 0.4) is 0 Å². The summed E-state index contributed by atoms with van der Waals surface area (Å²) in [5, 5.41) is 4.03. The fourth-order valence-electron chi connectivity index (χ4n) is 4.27. The Morgan fingerprint density at radius 3 is 1.72 bits per heavy atom. The van der Waals surface area contributed by atoms with Gasteiger partial charge in [0.1, 0.15) is 5.76 Å². The standard InChI is InChI=1S/C29H30N2O/c1-4-22(3)27(28-30-21-26(5-2)32-28)31-29(23-15-9-6-10-16-23,24-17-11-7-12-18-24)25-19-13-8-14-20-25/h5-22,27,31H,2,4H2,1,3H3/t22-,27+/m0/s1. The molecule has 0 amide bonds. The molecule has 32 heavy (non-hydrogen) atoms. The summed E-state index contributed by atoms with van der Waals surface area (Å²) in [6.07, 6.45) is 4.43. The van der Waals surface area contributed by atoms with E-state index in [9.17, 15) is 0 Å². The van der Waals surface area contributed by atoms with Crippen molar-refractivity contribution in [1.29, 1.82) is 0 Å². The Kier molecular flexibility index (Phi) is 6.67. The Labute approximate surface area is 190 Å². The van der Waals surface area contributed by atoms with E-state index in [0.717, 1.165) is 6.42 Å². The highest BCUT2D eigenvalue weighted by Gasteiger charge is 2.40. The van der Waals surface area contributed by atoms with Gasteiger partial charge in [-0.25, -0.2) is 4.98 Å². The predicted octanol–water partition coefficient (Wildman–Crippen LogP) is 6.99. The summed E-state index contributed by atoms with van der Waals surface area (Å²) in [5.41, 5.74) is 2.92. The van der Waals surface area contributed by atoms with Gasteiger partial charge in [-0.15, -0.1) is 0 Å². The van der Waals surface area contributed by atoms with Crippen LogP contribution in [0.15, 0.2) is 108 Å². The monoisotopic (exact) mass is 422 g/mol. The van der Waals surface area contributed by atoms with Crippen LogP contribution >= 0.6 is 0 Å². The maximum absolute atomic E-state index is 6.08. The number of nitrogens with one attached hydrogen (secondary N) is 1. The average Bonchev–Trinajstić information content (AvgIpc) is 3.35. The molecule has 3 heteroatoms. The van der Waals surface area contributed by atoms with Gasteiger partial charge in [0.25, 0.3) is 0 Å². The maximum atomic E-state index is 6.08. The molecule has 0 radical (unpaired) electrons. The SMILES string of the molecule is C=Cc1cnc([C@H](NC(c2ccccc2)(c2ccccc2)c2ccccc2)[C@@H](C)CC)o1. The van der Waals surface area contributed by atoms with Crippen molar-refractivity contribution in [2.45, 2.75) is 31.8 Å². The number of rotatable bonds is 9. The van der Waals surface area contributed by atoms with E-state index >= 15 is 0 Å². The van der Waals surface area contributed by atoms with Crippen molar-refractivity contribution in [3.8, 4) is 0 Å². The first-order valence-corrected chi connectivity index (χ1v) is 11.2. The highest BCUT2D eigenvalue weighted by molar-refractivity contribution is 5.49. The molecule has 0 aliphatic heterocycles. The second kappa shape index (κ2) is 9.80. The van der Waals surface area contributed by atoms with Crippen LogP contribution in [-0.4, -0.2) is 4.98 Å². The maximum Gasteiger partial charge on any atom is 0.212 e. The third kappa shape index (κ3) is 4.17. The molecule has 0 aliphatic rings. The molecule has 1 heterocycles. The molecule has 0 fully saturated rings. The summed E-state index contributed by atoms with van der Waals surface area (Å²) in [6, 6.07) is 31.7. The van der Waals surface area contributed by atoms with Crippen LogP contribution in [0.5, 0.6) is 0 Å². The minimum Gasteiger partial charge on any atom is -0.440 e. The molecule has 2 atom stereocenters. The molecule has 1 N–H and O–H groups in total. The van der Waals surface area contributed by atoms with Crippen LogP contribution in [0, 0.1) is 5.92 Å². The second-order valence-corrected chi connectivity index (χ2v) is 8.16. The highest BCUT2D eigenvalue weighted by atomic mass is 16.4. The lowest BCUT2D eigenvalue weighted by atomic mass is 9.75. The minimum atomic E-state index is -0.583. The van der Waals surface area contributed by atoms with Gasteiger partial charge in [-0.3, -0.25) is 5.32 Å². The van der Waals surface area contributed by atoms with E-state index in [4.69, 9.17) is 4.42 Å². The van der Waals surface area contributed by atoms with Crippen molar-refractivity contribution in [3.05, 3.63) is 132 Å². The van der Waals surface area contributed by atoms with E-state index in [0.29, 0.717) is 17.6 Å². The Balaban J connectivity index is 1.96. The number of benzene rings is 3. The smallest absolute Gasteiger partial charge is 0.212 e. The van der Waals surface area contributed by atoms with E-state index < -0.39 is 5.54 Å². The van der Waals surface area contributed by atoms with Gasteiger partial charge in [0, 0.05) is 0 Å². The Morgan fingerprint density at radius 1 is 0.875 bits per heavy atom. The average molecular weight is 423 g/mol. The Bertz CT molecular complexity index is 1020. The van der Waals surface area contributed by atoms with Crippen LogP contribution < -0.4 is 5.32 Å². The van der Waals surface area contributed by atoms with Crippen molar-refractivity contribution >= 4 is 6.08 Å². The molecule has 0 saturated carbocycles. The van der Waals surface area contributed by atoms with Gasteiger partial charge >= 0.3 is 0 Å². The molecular weight excluding hydrogens is 392 g/mol. The van der Waals surface area contributed by atoms with Gasteiger partial charge in [-0.1, -0.05) is 118 Å². The van der Waals surface area contributed by atoms with Crippen molar-refractivity contribution in [2.75, 3.05) is 0 Å². The first-order chi connectivity index (χ1) is 15.7. The molecule has 0 spiro atoms. The minimum absolute atomic E-state index is 0.102. The lowest BCUT2D eigenvalue weighted by molar-refractivity contribution is 0.262. The Hall–Kier alpha value is -3.43. The van der Waals surface area contributed by atoms with Gasteiger partial charge < -0.3 is 4.42 Å². The lowest BCUT2D eigenvalue weighted by Gasteiger charge is -2.41. The van der Waals surface area contributed by atoms with Gasteiger partial charge in [0.2, 0.25) is 5.89 Å². The fraction of sp³-hybridized carbons (Fsp3) is 0.207. The number of hydrogen-bond donors (Lipinski definition) is 1. The third-order valence-corrected chi connectivity index (χ3v) is 6.21. The van der Waals surface area contributed by atoms with E-state index in [1.165, 1.54) is 16.7 Å². The zero-order chi connectivity index (χ0) is 22.4. The summed E-state index contributed by atoms with van der Waals surface area (Å²) >= 11 is 0. The van der Waals surface area contributed by atoms with Crippen molar-refractivity contribution in [3.63, 3.8) is 0 Å². The van der Waals surface area contributed by atoms with Gasteiger partial charge in [-0.05, 0) is 28.7 Å². The van der Waals surface area contributed by atoms with Crippen LogP contribution in [0.2, 0.25) is 0 Å². The zero-order valence-electron chi connectivity index (χ0n) is 18.7. The molecule has 1 aromatic heterocycles. The van der Waals surface area contributed by atoms with Gasteiger partial charge in [-0.2, -0.15) is 0 Å². The van der Waals surface area contributed by atoms with Gasteiger partial charge in [0.05, 0.1) is 17.8 Å². The number of oxazole rings is 1. The molecular formula is C29H30N2O. The molecule has 0 bridgehead atoms.